The fourth-order valence-corrected chi connectivity index (χ4v) is 2.12. The molecule has 0 aromatic carbocycles. The minimum atomic E-state index is 0.203. The Bertz CT molecular complexity index is 247. The maximum atomic E-state index is 11.6. The molecule has 1 amide bonds. The Balaban J connectivity index is 2.14. The number of hydrogen-bond acceptors (Lipinski definition) is 4. The van der Waals surface area contributed by atoms with E-state index in [4.69, 9.17) is 0 Å². The van der Waals surface area contributed by atoms with E-state index in [2.05, 4.69) is 29.2 Å². The first kappa shape index (κ1) is 15.4. The maximum absolute atomic E-state index is 11.6. The van der Waals surface area contributed by atoms with Crippen LogP contribution in [0.3, 0.4) is 0 Å². The molecule has 0 saturated carbocycles. The second-order valence-corrected chi connectivity index (χ2v) is 5.60. The first-order valence-electron chi connectivity index (χ1n) is 6.79. The molecule has 1 aliphatic rings. The quantitative estimate of drug-likeness (QED) is 0.708. The molecular weight excluding hydrogens is 228 g/mol. The molecule has 1 N–H and O–H groups in total. The van der Waals surface area contributed by atoms with Crippen molar-refractivity contribution >= 4 is 5.91 Å². The van der Waals surface area contributed by atoms with E-state index >= 15 is 0 Å². The predicted octanol–water partition coefficient (Wildman–Crippen LogP) is -0.310. The highest BCUT2D eigenvalue weighted by Crippen LogP contribution is 2.09. The van der Waals surface area contributed by atoms with Gasteiger partial charge in [0.1, 0.15) is 0 Å². The number of amides is 1. The van der Waals surface area contributed by atoms with Crippen LogP contribution in [0.2, 0.25) is 0 Å². The van der Waals surface area contributed by atoms with Crippen molar-refractivity contribution in [3.63, 3.8) is 0 Å². The van der Waals surface area contributed by atoms with Gasteiger partial charge in [0, 0.05) is 46.3 Å². The summed E-state index contributed by atoms with van der Waals surface area (Å²) in [6, 6.07) is 0.621. The fraction of sp³-hybridized carbons (Fsp3) is 0.923. The second kappa shape index (κ2) is 7.71. The van der Waals surface area contributed by atoms with Crippen LogP contribution < -0.4 is 5.32 Å². The number of nitrogens with one attached hydrogen (secondary N) is 1. The van der Waals surface area contributed by atoms with Crippen LogP contribution in [-0.4, -0.2) is 87.6 Å². The second-order valence-electron chi connectivity index (χ2n) is 5.60. The minimum Gasteiger partial charge on any atom is -0.348 e. The normalized spacial score (nSPS) is 18.3. The molecule has 5 heteroatoms. The summed E-state index contributed by atoms with van der Waals surface area (Å²) in [5.74, 6) is 0.203. The van der Waals surface area contributed by atoms with Crippen molar-refractivity contribution in [3.8, 4) is 0 Å². The molecule has 1 aliphatic heterocycles. The molecule has 0 aromatic rings. The average Bonchev–Trinajstić information content (AvgIpc) is 2.30. The number of carbonyl (C=O) groups is 1. The zero-order chi connectivity index (χ0) is 13.5. The number of rotatable bonds is 6. The van der Waals surface area contributed by atoms with Gasteiger partial charge in [-0.1, -0.05) is 0 Å². The zero-order valence-electron chi connectivity index (χ0n) is 12.3. The molecule has 0 radical (unpaired) electrons. The maximum Gasteiger partial charge on any atom is 0.236 e. The smallest absolute Gasteiger partial charge is 0.236 e. The lowest BCUT2D eigenvalue weighted by Crippen LogP contribution is -2.46. The summed E-state index contributed by atoms with van der Waals surface area (Å²) in [5.41, 5.74) is 0. The van der Waals surface area contributed by atoms with Gasteiger partial charge in [-0.05, 0) is 26.9 Å². The third-order valence-corrected chi connectivity index (χ3v) is 3.44. The van der Waals surface area contributed by atoms with Crippen LogP contribution in [0, 0.1) is 0 Å². The van der Waals surface area contributed by atoms with Crippen molar-refractivity contribution in [2.45, 2.75) is 18.9 Å². The number of piperidine rings is 1. The first-order valence-corrected chi connectivity index (χ1v) is 6.79. The van der Waals surface area contributed by atoms with E-state index in [9.17, 15) is 4.79 Å². The lowest BCUT2D eigenvalue weighted by Gasteiger charge is -2.32. The summed E-state index contributed by atoms with van der Waals surface area (Å²) in [6.07, 6.45) is 2.29. The van der Waals surface area contributed by atoms with Crippen molar-refractivity contribution in [1.29, 1.82) is 0 Å². The minimum absolute atomic E-state index is 0.203. The van der Waals surface area contributed by atoms with E-state index in [0.29, 0.717) is 12.6 Å². The van der Waals surface area contributed by atoms with E-state index < -0.39 is 0 Å². The zero-order valence-corrected chi connectivity index (χ0v) is 12.3. The Morgan fingerprint density at radius 1 is 1.22 bits per heavy atom. The van der Waals surface area contributed by atoms with E-state index in [1.165, 1.54) is 0 Å². The highest BCUT2D eigenvalue weighted by molar-refractivity contribution is 5.77. The molecule has 106 valence electrons. The lowest BCUT2D eigenvalue weighted by atomic mass is 10.1. The highest BCUT2D eigenvalue weighted by atomic mass is 16.2. The Kier molecular flexibility index (Phi) is 6.60. The topological polar surface area (TPSA) is 38.8 Å². The van der Waals surface area contributed by atoms with Crippen LogP contribution in [0.15, 0.2) is 0 Å². The predicted molar refractivity (Wildman–Crippen MR) is 74.7 cm³/mol. The van der Waals surface area contributed by atoms with Gasteiger partial charge >= 0.3 is 0 Å². The SMILES string of the molecule is CN(C)CCNC1CCN(CC(=O)N(C)C)CC1. The van der Waals surface area contributed by atoms with E-state index in [1.54, 1.807) is 4.90 Å². The number of likely N-dealkylation sites (tertiary alicyclic amines) is 1. The van der Waals surface area contributed by atoms with Crippen LogP contribution in [0.25, 0.3) is 0 Å². The summed E-state index contributed by atoms with van der Waals surface area (Å²) in [4.78, 5) is 17.7. The van der Waals surface area contributed by atoms with Gasteiger partial charge < -0.3 is 15.1 Å². The van der Waals surface area contributed by atoms with Crippen LogP contribution in [-0.2, 0) is 4.79 Å². The molecule has 5 nitrogen and oxygen atoms in total. The first-order chi connectivity index (χ1) is 8.49. The Hall–Kier alpha value is -0.650. The molecule has 0 aliphatic carbocycles. The van der Waals surface area contributed by atoms with Crippen molar-refractivity contribution in [2.75, 3.05) is 60.9 Å². The molecule has 18 heavy (non-hydrogen) atoms. The standard InChI is InChI=1S/C13H28N4O/c1-15(2)10-7-14-12-5-8-17(9-6-12)11-13(18)16(3)4/h12,14H,5-11H2,1-4H3. The number of hydrogen-bond donors (Lipinski definition) is 1. The summed E-state index contributed by atoms with van der Waals surface area (Å²) in [7, 11) is 7.82. The van der Waals surface area contributed by atoms with Crippen LogP contribution in [0.1, 0.15) is 12.8 Å². The molecule has 1 saturated heterocycles. The average molecular weight is 256 g/mol. The summed E-state index contributed by atoms with van der Waals surface area (Å²) in [5, 5.41) is 3.59. The van der Waals surface area contributed by atoms with Crippen molar-refractivity contribution in [1.82, 2.24) is 20.0 Å². The van der Waals surface area contributed by atoms with Crippen LogP contribution in [0.5, 0.6) is 0 Å². The Labute approximate surface area is 111 Å². The van der Waals surface area contributed by atoms with E-state index in [-0.39, 0.29) is 5.91 Å². The van der Waals surface area contributed by atoms with Crippen molar-refractivity contribution in [3.05, 3.63) is 0 Å². The Morgan fingerprint density at radius 3 is 2.33 bits per heavy atom. The molecule has 0 unspecified atom stereocenters. The largest absolute Gasteiger partial charge is 0.348 e. The molecule has 1 rings (SSSR count). The van der Waals surface area contributed by atoms with Gasteiger partial charge in [-0.2, -0.15) is 0 Å². The van der Waals surface area contributed by atoms with Crippen molar-refractivity contribution in [2.24, 2.45) is 0 Å². The Morgan fingerprint density at radius 2 is 1.83 bits per heavy atom. The number of nitrogens with zero attached hydrogens (tertiary/aromatic N) is 3. The number of carbonyl (C=O) groups excluding carboxylic acids is 1. The van der Waals surface area contributed by atoms with Gasteiger partial charge in [-0.15, -0.1) is 0 Å². The van der Waals surface area contributed by atoms with Gasteiger partial charge in [0.25, 0.3) is 0 Å². The summed E-state index contributed by atoms with van der Waals surface area (Å²) < 4.78 is 0. The molecule has 0 aromatic heterocycles. The van der Waals surface area contributed by atoms with Gasteiger partial charge in [0.05, 0.1) is 6.54 Å². The van der Waals surface area contributed by atoms with Crippen LogP contribution >= 0.6 is 0 Å². The van der Waals surface area contributed by atoms with Gasteiger partial charge in [0.15, 0.2) is 0 Å². The molecule has 0 atom stereocenters. The highest BCUT2D eigenvalue weighted by Gasteiger charge is 2.20. The third kappa shape index (κ3) is 5.80. The molecule has 0 bridgehead atoms. The molecular formula is C13H28N4O. The molecule has 1 heterocycles. The summed E-state index contributed by atoms with van der Waals surface area (Å²) >= 11 is 0. The fourth-order valence-electron chi connectivity index (χ4n) is 2.12. The van der Waals surface area contributed by atoms with Crippen molar-refractivity contribution < 1.29 is 4.79 Å². The molecule has 0 spiro atoms. The van der Waals surface area contributed by atoms with Crippen LogP contribution in [0.4, 0.5) is 0 Å². The third-order valence-electron chi connectivity index (χ3n) is 3.44. The van der Waals surface area contributed by atoms with Gasteiger partial charge in [-0.25, -0.2) is 0 Å². The number of likely N-dealkylation sites (N-methyl/N-ethyl adjacent to an activating group) is 2. The molecule has 1 fully saturated rings. The summed E-state index contributed by atoms with van der Waals surface area (Å²) in [6.45, 7) is 4.75. The monoisotopic (exact) mass is 256 g/mol. The van der Waals surface area contributed by atoms with E-state index in [1.807, 2.05) is 14.1 Å². The van der Waals surface area contributed by atoms with E-state index in [0.717, 1.165) is 39.0 Å². The van der Waals surface area contributed by atoms with Gasteiger partial charge in [-0.3, -0.25) is 9.69 Å². The lowest BCUT2D eigenvalue weighted by molar-refractivity contribution is -0.130. The van der Waals surface area contributed by atoms with Gasteiger partial charge in [0.2, 0.25) is 5.91 Å².